The lowest BCUT2D eigenvalue weighted by molar-refractivity contribution is -0.236. The molecule has 33 heavy (non-hydrogen) atoms. The van der Waals surface area contributed by atoms with E-state index in [1.165, 1.54) is 5.57 Å². The van der Waals surface area contributed by atoms with Gasteiger partial charge in [0.1, 0.15) is 24.4 Å². The summed E-state index contributed by atoms with van der Waals surface area (Å²) in [4.78, 5) is 0. The zero-order valence-corrected chi connectivity index (χ0v) is 19.9. The van der Waals surface area contributed by atoms with Crippen molar-refractivity contribution in [2.24, 2.45) is 5.92 Å². The highest BCUT2D eigenvalue weighted by atomic mass is 16.9. The highest BCUT2D eigenvalue weighted by Crippen LogP contribution is 2.60. The number of aromatic nitrogens is 1. The number of fused-ring (bicyclic) bond motifs is 8. The zero-order chi connectivity index (χ0) is 23.4. The van der Waals surface area contributed by atoms with Gasteiger partial charge in [-0.2, -0.15) is 0 Å². The maximum absolute atomic E-state index is 11.2. The number of rotatable bonds is 3. The molecule has 0 radical (unpaired) electrons. The molecule has 2 N–H and O–H groups in total. The van der Waals surface area contributed by atoms with Crippen molar-refractivity contribution in [2.45, 2.75) is 102 Å². The summed E-state index contributed by atoms with van der Waals surface area (Å²) in [5.41, 5.74) is 2.82. The van der Waals surface area contributed by atoms with E-state index in [0.29, 0.717) is 5.92 Å². The van der Waals surface area contributed by atoms with E-state index in [-0.39, 0.29) is 36.2 Å². The Bertz CT molecular complexity index is 1010. The molecule has 2 aliphatic carbocycles. The van der Waals surface area contributed by atoms with Crippen molar-refractivity contribution in [3.05, 3.63) is 34.9 Å². The third-order valence-electron chi connectivity index (χ3n) is 7.26. The molecule has 3 saturated heterocycles. The molecule has 4 heterocycles. The first-order valence-corrected chi connectivity index (χ1v) is 11.9. The smallest absolute Gasteiger partial charge is 0.198 e. The van der Waals surface area contributed by atoms with E-state index < -0.39 is 36.2 Å². The van der Waals surface area contributed by atoms with Gasteiger partial charge in [-0.15, -0.1) is 0 Å². The number of allylic oxidation sites excluding steroid dienone is 4. The third-order valence-corrected chi connectivity index (χ3v) is 7.26. The van der Waals surface area contributed by atoms with Gasteiger partial charge in [0, 0.05) is 23.0 Å². The number of aromatic hydroxyl groups is 2. The minimum absolute atomic E-state index is 0.00122. The molecule has 1 aromatic heterocycles. The van der Waals surface area contributed by atoms with E-state index in [4.69, 9.17) is 23.7 Å². The van der Waals surface area contributed by atoms with Crippen molar-refractivity contribution >= 4 is 0 Å². The average molecular weight is 460 g/mol. The zero-order valence-electron chi connectivity index (χ0n) is 19.9. The van der Waals surface area contributed by atoms with Gasteiger partial charge in [-0.3, -0.25) is 4.57 Å². The quantitative estimate of drug-likeness (QED) is 0.667. The molecule has 5 aliphatic rings. The molecule has 0 saturated carbocycles. The fraction of sp³-hybridized carbons (Fsp3) is 0.680. The second-order valence-corrected chi connectivity index (χ2v) is 11.0. The summed E-state index contributed by atoms with van der Waals surface area (Å²) >= 11 is 0. The molecule has 6 rings (SSSR count). The first-order valence-electron chi connectivity index (χ1n) is 11.9. The molecule has 7 atom stereocenters. The lowest BCUT2D eigenvalue weighted by atomic mass is 9.97. The molecular formula is C25H33NO7. The fourth-order valence-electron chi connectivity index (χ4n) is 6.19. The van der Waals surface area contributed by atoms with Crippen LogP contribution in [0.5, 0.6) is 11.8 Å². The molecule has 8 heteroatoms. The summed E-state index contributed by atoms with van der Waals surface area (Å²) in [7, 11) is 0. The molecule has 180 valence electrons. The monoisotopic (exact) mass is 459 g/mol. The molecule has 8 nitrogen and oxygen atoms in total. The van der Waals surface area contributed by atoms with Gasteiger partial charge in [-0.25, -0.2) is 0 Å². The first kappa shape index (κ1) is 21.7. The Morgan fingerprint density at radius 2 is 1.42 bits per heavy atom. The van der Waals surface area contributed by atoms with Crippen LogP contribution in [0, 0.1) is 5.92 Å². The van der Waals surface area contributed by atoms with Crippen LogP contribution in [0.3, 0.4) is 0 Å². The van der Waals surface area contributed by atoms with E-state index in [1.807, 2.05) is 27.7 Å². The molecule has 0 amide bonds. The maximum atomic E-state index is 11.2. The van der Waals surface area contributed by atoms with Gasteiger partial charge in [-0.1, -0.05) is 37.6 Å². The van der Waals surface area contributed by atoms with Crippen LogP contribution < -0.4 is 0 Å². The molecule has 0 spiro atoms. The SMILES string of the molecule is CC(C)C=C1C2C=CC1c1c2c(O)n(C[C@H]2O[C@@H]3OC(C)(C)O[C@@H]3[C@H]3OC(C)(C)O[C@H]32)c1O. The van der Waals surface area contributed by atoms with Gasteiger partial charge < -0.3 is 33.9 Å². The number of hydrogen-bond donors (Lipinski definition) is 2. The fourth-order valence-corrected chi connectivity index (χ4v) is 6.19. The largest absolute Gasteiger partial charge is 0.494 e. The Labute approximate surface area is 193 Å². The van der Waals surface area contributed by atoms with Crippen molar-refractivity contribution in [2.75, 3.05) is 0 Å². The van der Waals surface area contributed by atoms with Gasteiger partial charge in [0.15, 0.2) is 29.6 Å². The minimum Gasteiger partial charge on any atom is -0.494 e. The van der Waals surface area contributed by atoms with Crippen LogP contribution in [-0.4, -0.2) is 57.1 Å². The molecule has 1 aromatic rings. The van der Waals surface area contributed by atoms with Gasteiger partial charge in [-0.05, 0) is 33.6 Å². The van der Waals surface area contributed by atoms with E-state index in [1.54, 1.807) is 4.57 Å². The predicted molar refractivity (Wildman–Crippen MR) is 118 cm³/mol. The summed E-state index contributed by atoms with van der Waals surface area (Å²) < 4.78 is 32.3. The number of nitrogens with zero attached hydrogens (tertiary/aromatic N) is 1. The van der Waals surface area contributed by atoms with E-state index >= 15 is 0 Å². The van der Waals surface area contributed by atoms with Crippen LogP contribution in [0.2, 0.25) is 0 Å². The highest BCUT2D eigenvalue weighted by Gasteiger charge is 2.61. The number of hydrogen-bond acceptors (Lipinski definition) is 7. The summed E-state index contributed by atoms with van der Waals surface area (Å²) in [6.07, 6.45) is 4.12. The van der Waals surface area contributed by atoms with Crippen LogP contribution in [0.1, 0.15) is 64.5 Å². The molecule has 2 unspecified atom stereocenters. The van der Waals surface area contributed by atoms with E-state index in [0.717, 1.165) is 11.1 Å². The normalized spacial score (nSPS) is 39.2. The second kappa shape index (κ2) is 6.86. The predicted octanol–water partition coefficient (Wildman–Crippen LogP) is 3.63. The lowest BCUT2D eigenvalue weighted by Crippen LogP contribution is -2.56. The van der Waals surface area contributed by atoms with Crippen molar-refractivity contribution in [1.29, 1.82) is 0 Å². The molecule has 0 aromatic carbocycles. The van der Waals surface area contributed by atoms with Crippen molar-refractivity contribution < 1.29 is 33.9 Å². The van der Waals surface area contributed by atoms with Crippen LogP contribution in [0.4, 0.5) is 0 Å². The van der Waals surface area contributed by atoms with Gasteiger partial charge in [0.05, 0.1) is 6.54 Å². The van der Waals surface area contributed by atoms with Gasteiger partial charge in [0.25, 0.3) is 0 Å². The molecule has 3 aliphatic heterocycles. The van der Waals surface area contributed by atoms with E-state index in [2.05, 4.69) is 32.1 Å². The molecular weight excluding hydrogens is 426 g/mol. The van der Waals surface area contributed by atoms with Crippen molar-refractivity contribution in [3.63, 3.8) is 0 Å². The van der Waals surface area contributed by atoms with Crippen LogP contribution in [0.15, 0.2) is 23.8 Å². The van der Waals surface area contributed by atoms with Crippen LogP contribution in [-0.2, 0) is 30.2 Å². The van der Waals surface area contributed by atoms with Crippen molar-refractivity contribution in [1.82, 2.24) is 4.57 Å². The summed E-state index contributed by atoms with van der Waals surface area (Å²) in [6, 6.07) is 0. The van der Waals surface area contributed by atoms with Gasteiger partial charge >= 0.3 is 0 Å². The Kier molecular flexibility index (Phi) is 4.50. The van der Waals surface area contributed by atoms with Crippen LogP contribution >= 0.6 is 0 Å². The summed E-state index contributed by atoms with van der Waals surface area (Å²) in [6.45, 7) is 11.9. The molecule has 3 fully saturated rings. The summed E-state index contributed by atoms with van der Waals surface area (Å²) in [5, 5.41) is 22.4. The summed E-state index contributed by atoms with van der Waals surface area (Å²) in [5.74, 6) is -1.04. The molecule has 2 bridgehead atoms. The standard InChI is InChI=1S/C25H33NO7/c1-11(2)9-14-12-7-8-13(14)17-16(12)21(27)26(22(17)28)10-15-18-19(31-24(3,4)30-18)20-23(29-15)33-25(5,6)32-20/h7-9,11-13,15,18-20,23,27-28H,10H2,1-6H3/t12?,13?,15-,18+,19+,20-,23-/m1/s1. The second-order valence-electron chi connectivity index (χ2n) is 11.0. The third kappa shape index (κ3) is 3.15. The maximum Gasteiger partial charge on any atom is 0.198 e. The Morgan fingerprint density at radius 3 is 2.03 bits per heavy atom. The minimum atomic E-state index is -0.802. The Morgan fingerprint density at radius 1 is 0.879 bits per heavy atom. The van der Waals surface area contributed by atoms with Crippen LogP contribution in [0.25, 0.3) is 0 Å². The Balaban J connectivity index is 1.33. The lowest BCUT2D eigenvalue weighted by Gasteiger charge is -2.37. The topological polar surface area (TPSA) is 91.5 Å². The van der Waals surface area contributed by atoms with Crippen molar-refractivity contribution in [3.8, 4) is 11.8 Å². The average Bonchev–Trinajstić information content (AvgIpc) is 3.45. The highest BCUT2D eigenvalue weighted by molar-refractivity contribution is 5.67. The Hall–Kier alpha value is -1.84. The van der Waals surface area contributed by atoms with Gasteiger partial charge in [0.2, 0.25) is 0 Å². The number of ether oxygens (including phenoxy) is 5. The van der Waals surface area contributed by atoms with E-state index in [9.17, 15) is 10.2 Å². The first-order chi connectivity index (χ1) is 15.5.